The molecule has 5 nitrogen and oxygen atoms in total. The summed E-state index contributed by atoms with van der Waals surface area (Å²) in [7, 11) is 0. The minimum absolute atomic E-state index is 0.232. The molecule has 0 aliphatic carbocycles. The number of benzene rings is 2. The molecule has 2 aliphatic heterocycles. The largest absolute Gasteiger partial charge is 0.438 e. The molecular formula is C28H33FN4O. The fourth-order valence-electron chi connectivity index (χ4n) is 4.86. The number of hydrogen-bond donors (Lipinski definition) is 0. The number of aryl methyl sites for hydroxylation is 2. The zero-order valence-electron chi connectivity index (χ0n) is 20.4. The van der Waals surface area contributed by atoms with Crippen LogP contribution in [0.3, 0.4) is 0 Å². The molecule has 2 aliphatic rings. The minimum Gasteiger partial charge on any atom is -0.438 e. The van der Waals surface area contributed by atoms with Crippen molar-refractivity contribution >= 4 is 5.95 Å². The SMILES string of the molecule is Cc1cccc(CN2CCc3nc(N4CCC(C)CC4)nc(Oc4ccc(F)c(C)c4)c3C2)c1. The molecule has 0 spiro atoms. The van der Waals surface area contributed by atoms with Crippen molar-refractivity contribution in [2.24, 2.45) is 5.92 Å². The van der Waals surface area contributed by atoms with Gasteiger partial charge in [0.05, 0.1) is 11.3 Å². The Bertz CT molecular complexity index is 1170. The predicted octanol–water partition coefficient (Wildman–Crippen LogP) is 5.82. The van der Waals surface area contributed by atoms with Gasteiger partial charge in [0, 0.05) is 39.1 Å². The molecular weight excluding hydrogens is 427 g/mol. The van der Waals surface area contributed by atoms with E-state index in [9.17, 15) is 4.39 Å². The second-order valence-corrected chi connectivity index (χ2v) is 9.89. The average Bonchev–Trinajstić information content (AvgIpc) is 2.82. The summed E-state index contributed by atoms with van der Waals surface area (Å²) in [5.74, 6) is 2.46. The first kappa shape index (κ1) is 22.8. The van der Waals surface area contributed by atoms with E-state index in [-0.39, 0.29) is 5.82 Å². The molecule has 0 saturated carbocycles. The third kappa shape index (κ3) is 5.07. The Balaban J connectivity index is 1.45. The van der Waals surface area contributed by atoms with Gasteiger partial charge in [-0.25, -0.2) is 9.37 Å². The van der Waals surface area contributed by atoms with Gasteiger partial charge in [0.2, 0.25) is 11.8 Å². The van der Waals surface area contributed by atoms with E-state index in [0.717, 1.165) is 75.1 Å². The molecule has 34 heavy (non-hydrogen) atoms. The molecule has 3 aromatic rings. The Kier molecular flexibility index (Phi) is 6.50. The molecule has 0 amide bonds. The molecule has 0 atom stereocenters. The highest BCUT2D eigenvalue weighted by atomic mass is 19.1. The summed E-state index contributed by atoms with van der Waals surface area (Å²) < 4.78 is 20.2. The Labute approximate surface area is 201 Å². The highest BCUT2D eigenvalue weighted by Gasteiger charge is 2.27. The lowest BCUT2D eigenvalue weighted by molar-refractivity contribution is 0.238. The van der Waals surface area contributed by atoms with Gasteiger partial charge >= 0.3 is 0 Å². The van der Waals surface area contributed by atoms with Gasteiger partial charge in [-0.1, -0.05) is 36.8 Å². The van der Waals surface area contributed by atoms with Crippen LogP contribution >= 0.6 is 0 Å². The number of fused-ring (bicyclic) bond motifs is 1. The van der Waals surface area contributed by atoms with Crippen LogP contribution in [0.15, 0.2) is 42.5 Å². The van der Waals surface area contributed by atoms with Gasteiger partial charge < -0.3 is 9.64 Å². The summed E-state index contributed by atoms with van der Waals surface area (Å²) in [6.07, 6.45) is 3.16. The van der Waals surface area contributed by atoms with E-state index in [4.69, 9.17) is 14.7 Å². The quantitative estimate of drug-likeness (QED) is 0.480. The van der Waals surface area contributed by atoms with E-state index in [1.54, 1.807) is 19.1 Å². The molecule has 0 N–H and O–H groups in total. The summed E-state index contributed by atoms with van der Waals surface area (Å²) >= 11 is 0. The van der Waals surface area contributed by atoms with E-state index < -0.39 is 0 Å². The van der Waals surface area contributed by atoms with Gasteiger partial charge in [0.15, 0.2) is 0 Å². The maximum atomic E-state index is 13.8. The number of aromatic nitrogens is 2. The third-order valence-corrected chi connectivity index (χ3v) is 6.99. The van der Waals surface area contributed by atoms with Crippen LogP contribution in [-0.2, 0) is 19.5 Å². The van der Waals surface area contributed by atoms with Crippen molar-refractivity contribution in [2.45, 2.75) is 53.1 Å². The molecule has 0 unspecified atom stereocenters. The Morgan fingerprint density at radius 3 is 2.62 bits per heavy atom. The van der Waals surface area contributed by atoms with Gasteiger partial charge in [-0.2, -0.15) is 4.98 Å². The summed E-state index contributed by atoms with van der Waals surface area (Å²) in [6.45, 7) is 10.7. The summed E-state index contributed by atoms with van der Waals surface area (Å²) in [5, 5.41) is 0. The number of hydrogen-bond acceptors (Lipinski definition) is 5. The van der Waals surface area contributed by atoms with Gasteiger partial charge in [-0.15, -0.1) is 0 Å². The first-order valence-electron chi connectivity index (χ1n) is 12.3. The van der Waals surface area contributed by atoms with Crippen LogP contribution in [0.4, 0.5) is 10.3 Å². The van der Waals surface area contributed by atoms with Crippen molar-refractivity contribution in [1.29, 1.82) is 0 Å². The third-order valence-electron chi connectivity index (χ3n) is 6.99. The van der Waals surface area contributed by atoms with Gasteiger partial charge in [0.1, 0.15) is 11.6 Å². The second kappa shape index (κ2) is 9.71. The van der Waals surface area contributed by atoms with E-state index in [1.165, 1.54) is 17.2 Å². The molecule has 1 saturated heterocycles. The van der Waals surface area contributed by atoms with Crippen LogP contribution in [0.25, 0.3) is 0 Å². The molecule has 1 aromatic heterocycles. The van der Waals surface area contributed by atoms with Gasteiger partial charge in [-0.3, -0.25) is 4.90 Å². The molecule has 0 radical (unpaired) electrons. The standard InChI is InChI=1S/C28H33FN4O/c1-19-9-13-33(14-10-19)28-30-26-11-12-32(17-22-6-4-5-20(2)15-22)18-24(26)27(31-28)34-23-7-8-25(29)21(3)16-23/h4-8,15-16,19H,9-14,17-18H2,1-3H3. The second-order valence-electron chi connectivity index (χ2n) is 9.89. The smallest absolute Gasteiger partial charge is 0.228 e. The molecule has 3 heterocycles. The lowest BCUT2D eigenvalue weighted by Crippen LogP contribution is -2.36. The van der Waals surface area contributed by atoms with Crippen LogP contribution in [0, 0.1) is 25.6 Å². The molecule has 2 aromatic carbocycles. The summed E-state index contributed by atoms with van der Waals surface area (Å²) in [4.78, 5) is 14.6. The Hall–Kier alpha value is -2.99. The lowest BCUT2D eigenvalue weighted by Gasteiger charge is -2.33. The van der Waals surface area contributed by atoms with Crippen LogP contribution in [0.1, 0.15) is 47.7 Å². The Morgan fingerprint density at radius 1 is 1.03 bits per heavy atom. The van der Waals surface area contributed by atoms with Crippen LogP contribution in [0.2, 0.25) is 0 Å². The number of anilines is 1. The maximum Gasteiger partial charge on any atom is 0.228 e. The number of ether oxygens (including phenoxy) is 1. The average molecular weight is 461 g/mol. The summed E-state index contributed by atoms with van der Waals surface area (Å²) in [6, 6.07) is 13.5. The first-order valence-corrected chi connectivity index (χ1v) is 12.3. The van der Waals surface area contributed by atoms with Crippen molar-refractivity contribution in [1.82, 2.24) is 14.9 Å². The lowest BCUT2D eigenvalue weighted by atomic mass is 9.99. The predicted molar refractivity (Wildman–Crippen MR) is 133 cm³/mol. The highest BCUT2D eigenvalue weighted by molar-refractivity contribution is 5.44. The number of rotatable bonds is 5. The zero-order valence-corrected chi connectivity index (χ0v) is 20.4. The topological polar surface area (TPSA) is 41.5 Å². The van der Waals surface area contributed by atoms with E-state index >= 15 is 0 Å². The van der Waals surface area contributed by atoms with Crippen molar-refractivity contribution in [2.75, 3.05) is 24.5 Å². The molecule has 0 bridgehead atoms. The van der Waals surface area contributed by atoms with Gasteiger partial charge in [-0.05, 0) is 61.9 Å². The highest BCUT2D eigenvalue weighted by Crippen LogP contribution is 2.33. The fraction of sp³-hybridized carbons (Fsp3) is 0.429. The minimum atomic E-state index is -0.232. The maximum absolute atomic E-state index is 13.8. The Morgan fingerprint density at radius 2 is 1.85 bits per heavy atom. The number of nitrogens with zero attached hydrogens (tertiary/aromatic N) is 4. The fourth-order valence-corrected chi connectivity index (χ4v) is 4.86. The zero-order chi connectivity index (χ0) is 23.7. The molecule has 5 rings (SSSR count). The summed E-state index contributed by atoms with van der Waals surface area (Å²) in [5.41, 5.74) is 5.24. The van der Waals surface area contributed by atoms with Gasteiger partial charge in [0.25, 0.3) is 0 Å². The molecule has 178 valence electrons. The van der Waals surface area contributed by atoms with Crippen molar-refractivity contribution < 1.29 is 9.13 Å². The van der Waals surface area contributed by atoms with Crippen LogP contribution in [0.5, 0.6) is 11.6 Å². The molecule has 6 heteroatoms. The monoisotopic (exact) mass is 460 g/mol. The van der Waals surface area contributed by atoms with Crippen molar-refractivity contribution in [3.63, 3.8) is 0 Å². The van der Waals surface area contributed by atoms with Crippen LogP contribution < -0.4 is 9.64 Å². The molecule has 1 fully saturated rings. The van der Waals surface area contributed by atoms with Crippen molar-refractivity contribution in [3.8, 4) is 11.6 Å². The van der Waals surface area contributed by atoms with E-state index in [1.807, 2.05) is 0 Å². The van der Waals surface area contributed by atoms with Crippen molar-refractivity contribution in [3.05, 3.63) is 76.2 Å². The van der Waals surface area contributed by atoms with Crippen LogP contribution in [-0.4, -0.2) is 34.5 Å². The number of halogens is 1. The number of piperidine rings is 1. The van der Waals surface area contributed by atoms with E-state index in [0.29, 0.717) is 17.2 Å². The van der Waals surface area contributed by atoms with E-state index in [2.05, 4.69) is 47.9 Å². The normalized spacial score (nSPS) is 17.0. The first-order chi connectivity index (χ1) is 16.4.